The van der Waals surface area contributed by atoms with Crippen molar-refractivity contribution in [3.05, 3.63) is 43.3 Å². The molecule has 0 aromatic carbocycles. The summed E-state index contributed by atoms with van der Waals surface area (Å²) in [7, 11) is 0. The van der Waals surface area contributed by atoms with Crippen molar-refractivity contribution >= 4 is 40.2 Å². The number of hydrogen-bond acceptors (Lipinski definition) is 3. The van der Waals surface area contributed by atoms with Crippen LogP contribution < -0.4 is 5.32 Å². The van der Waals surface area contributed by atoms with Gasteiger partial charge >= 0.3 is 0 Å². The van der Waals surface area contributed by atoms with Crippen molar-refractivity contribution in [2.24, 2.45) is 0 Å². The van der Waals surface area contributed by atoms with Crippen molar-refractivity contribution in [3.63, 3.8) is 0 Å². The van der Waals surface area contributed by atoms with Crippen molar-refractivity contribution in [1.29, 1.82) is 0 Å². The summed E-state index contributed by atoms with van der Waals surface area (Å²) in [5.74, 6) is 0. The molecule has 1 N–H and O–H groups in total. The van der Waals surface area contributed by atoms with Crippen molar-refractivity contribution in [2.75, 3.05) is 5.32 Å². The topological polar surface area (TPSA) is 24.9 Å². The lowest BCUT2D eigenvalue weighted by atomic mass is 10.2. The number of nitrogens with zero attached hydrogens (tertiary/aromatic N) is 1. The van der Waals surface area contributed by atoms with E-state index < -0.39 is 0 Å². The minimum atomic E-state index is 0.421. The maximum atomic E-state index is 6.09. The molecule has 0 amide bonds. The summed E-state index contributed by atoms with van der Waals surface area (Å²) in [5.41, 5.74) is 3.15. The molecule has 2 rings (SSSR count). The van der Waals surface area contributed by atoms with Gasteiger partial charge in [0.1, 0.15) is 5.15 Å². The average Bonchev–Trinajstić information content (AvgIpc) is 2.55. The summed E-state index contributed by atoms with van der Waals surface area (Å²) >= 11 is 13.7. The molecule has 0 radical (unpaired) electrons. The number of nitrogens with one attached hydrogen (secondary N) is 1. The third-order valence-electron chi connectivity index (χ3n) is 2.74. The smallest absolute Gasteiger partial charge is 0.154 e. The Bertz CT molecular complexity index is 555. The average molecular weight is 301 g/mol. The lowest BCUT2D eigenvalue weighted by Gasteiger charge is -2.11. The lowest BCUT2D eigenvalue weighted by molar-refractivity contribution is 1.12. The number of pyridine rings is 1. The van der Waals surface area contributed by atoms with E-state index in [4.69, 9.17) is 23.2 Å². The molecule has 0 spiro atoms. The standard InChI is InChI=1S/C13H14Cl2N2S/c1-7-4-11(14)17-13(15)12(7)16-6-10-5-8(2)18-9(10)3/h4-5,16H,6H2,1-3H3. The molecule has 5 heteroatoms. The van der Waals surface area contributed by atoms with Gasteiger partial charge in [0, 0.05) is 16.3 Å². The van der Waals surface area contributed by atoms with Crippen molar-refractivity contribution < 1.29 is 0 Å². The molecule has 0 saturated heterocycles. The molecule has 0 unspecified atom stereocenters. The number of halogens is 2. The number of aryl methyl sites for hydroxylation is 3. The normalized spacial score (nSPS) is 10.7. The van der Waals surface area contributed by atoms with Gasteiger partial charge in [-0.25, -0.2) is 4.98 Å². The van der Waals surface area contributed by atoms with E-state index in [0.717, 1.165) is 17.8 Å². The molecule has 18 heavy (non-hydrogen) atoms. The van der Waals surface area contributed by atoms with E-state index in [0.29, 0.717) is 10.3 Å². The highest BCUT2D eigenvalue weighted by molar-refractivity contribution is 7.12. The quantitative estimate of drug-likeness (QED) is 0.808. The largest absolute Gasteiger partial charge is 0.378 e. The molecule has 0 saturated carbocycles. The van der Waals surface area contributed by atoms with E-state index in [-0.39, 0.29) is 0 Å². The molecule has 2 aromatic heterocycles. The zero-order valence-corrected chi connectivity index (χ0v) is 12.8. The van der Waals surface area contributed by atoms with Gasteiger partial charge < -0.3 is 5.32 Å². The first-order chi connectivity index (χ1) is 8.47. The van der Waals surface area contributed by atoms with Crippen LogP contribution >= 0.6 is 34.5 Å². The molecule has 0 aliphatic heterocycles. The van der Waals surface area contributed by atoms with E-state index in [9.17, 15) is 0 Å². The molecule has 96 valence electrons. The van der Waals surface area contributed by atoms with Crippen LogP contribution in [0.2, 0.25) is 10.3 Å². The van der Waals surface area contributed by atoms with Crippen LogP contribution in [0.25, 0.3) is 0 Å². The zero-order chi connectivity index (χ0) is 13.3. The highest BCUT2D eigenvalue weighted by Crippen LogP contribution is 2.28. The van der Waals surface area contributed by atoms with Gasteiger partial charge in [-0.1, -0.05) is 23.2 Å². The molecule has 2 aromatic rings. The number of rotatable bonds is 3. The van der Waals surface area contributed by atoms with E-state index in [2.05, 4.69) is 30.2 Å². The SMILES string of the molecule is Cc1cc(CNc2c(C)cc(Cl)nc2Cl)c(C)s1. The lowest BCUT2D eigenvalue weighted by Crippen LogP contribution is -2.03. The van der Waals surface area contributed by atoms with Crippen LogP contribution in [0.4, 0.5) is 5.69 Å². The summed E-state index contributed by atoms with van der Waals surface area (Å²) in [6.07, 6.45) is 0. The van der Waals surface area contributed by atoms with Gasteiger partial charge in [0.15, 0.2) is 5.15 Å². The van der Waals surface area contributed by atoms with Gasteiger partial charge in [-0.2, -0.15) is 0 Å². The van der Waals surface area contributed by atoms with Crippen molar-refractivity contribution in [1.82, 2.24) is 4.98 Å². The number of anilines is 1. The predicted molar refractivity (Wildman–Crippen MR) is 80.1 cm³/mol. The Labute approximate surface area is 121 Å². The van der Waals surface area contributed by atoms with Crippen LogP contribution in [-0.2, 0) is 6.54 Å². The fourth-order valence-electron chi connectivity index (χ4n) is 1.85. The minimum Gasteiger partial charge on any atom is -0.378 e. The second kappa shape index (κ2) is 5.47. The summed E-state index contributed by atoms with van der Waals surface area (Å²) in [6.45, 7) is 6.96. The molecule has 0 atom stereocenters. The molecular formula is C13H14Cl2N2S. The fourth-order valence-corrected chi connectivity index (χ4v) is 3.40. The Morgan fingerprint density at radius 1 is 1.22 bits per heavy atom. The fraction of sp³-hybridized carbons (Fsp3) is 0.308. The van der Waals surface area contributed by atoms with Crippen LogP contribution in [0.1, 0.15) is 20.9 Å². The summed E-state index contributed by atoms with van der Waals surface area (Å²) < 4.78 is 0. The third-order valence-corrected chi connectivity index (χ3v) is 4.22. The highest BCUT2D eigenvalue weighted by Gasteiger charge is 2.09. The maximum absolute atomic E-state index is 6.09. The van der Waals surface area contributed by atoms with E-state index >= 15 is 0 Å². The predicted octanol–water partition coefficient (Wildman–Crippen LogP) is 4.99. The number of aromatic nitrogens is 1. The van der Waals surface area contributed by atoms with Crippen LogP contribution in [0.5, 0.6) is 0 Å². The van der Waals surface area contributed by atoms with Crippen LogP contribution in [0.15, 0.2) is 12.1 Å². The van der Waals surface area contributed by atoms with Gasteiger partial charge in [-0.05, 0) is 44.0 Å². The van der Waals surface area contributed by atoms with Gasteiger partial charge in [0.05, 0.1) is 5.69 Å². The summed E-state index contributed by atoms with van der Waals surface area (Å²) in [4.78, 5) is 6.70. The third kappa shape index (κ3) is 2.97. The van der Waals surface area contributed by atoms with Gasteiger partial charge in [-0.15, -0.1) is 11.3 Å². The zero-order valence-electron chi connectivity index (χ0n) is 10.5. The molecule has 0 aliphatic carbocycles. The molecule has 2 heterocycles. The summed E-state index contributed by atoms with van der Waals surface area (Å²) in [6, 6.07) is 4.00. The molecule has 0 bridgehead atoms. The Morgan fingerprint density at radius 3 is 2.50 bits per heavy atom. The number of hydrogen-bond donors (Lipinski definition) is 1. The van der Waals surface area contributed by atoms with Gasteiger partial charge in [0.2, 0.25) is 0 Å². The Morgan fingerprint density at radius 2 is 1.94 bits per heavy atom. The van der Waals surface area contributed by atoms with Crippen LogP contribution in [-0.4, -0.2) is 4.98 Å². The Hall–Kier alpha value is -0.770. The molecule has 0 aliphatic rings. The number of thiophene rings is 1. The van der Waals surface area contributed by atoms with Crippen molar-refractivity contribution in [3.8, 4) is 0 Å². The monoisotopic (exact) mass is 300 g/mol. The first-order valence-corrected chi connectivity index (χ1v) is 7.17. The minimum absolute atomic E-state index is 0.421. The van der Waals surface area contributed by atoms with E-state index in [1.54, 1.807) is 11.3 Å². The maximum Gasteiger partial charge on any atom is 0.154 e. The van der Waals surface area contributed by atoms with Gasteiger partial charge in [-0.3, -0.25) is 0 Å². The second-order valence-electron chi connectivity index (χ2n) is 4.22. The Balaban J connectivity index is 2.18. The Kier molecular flexibility index (Phi) is 4.15. The first kappa shape index (κ1) is 13.7. The molecule has 2 nitrogen and oxygen atoms in total. The van der Waals surface area contributed by atoms with Gasteiger partial charge in [0.25, 0.3) is 0 Å². The summed E-state index contributed by atoms with van der Waals surface area (Å²) in [5, 5.41) is 4.18. The van der Waals surface area contributed by atoms with Crippen LogP contribution in [0.3, 0.4) is 0 Å². The highest BCUT2D eigenvalue weighted by atomic mass is 35.5. The van der Waals surface area contributed by atoms with E-state index in [1.807, 2.05) is 13.0 Å². The molecule has 0 fully saturated rings. The van der Waals surface area contributed by atoms with Crippen LogP contribution in [0, 0.1) is 20.8 Å². The molecular weight excluding hydrogens is 287 g/mol. The van der Waals surface area contributed by atoms with E-state index in [1.165, 1.54) is 15.3 Å². The van der Waals surface area contributed by atoms with Crippen molar-refractivity contribution in [2.45, 2.75) is 27.3 Å². The second-order valence-corrected chi connectivity index (χ2v) is 6.43. The first-order valence-electron chi connectivity index (χ1n) is 5.60.